The minimum Gasteiger partial charge on any atom is -0.347 e. The Morgan fingerprint density at radius 3 is 2.33 bits per heavy atom. The molecule has 1 aromatic heterocycles. The minimum absolute atomic E-state index is 0.216. The van der Waals surface area contributed by atoms with Gasteiger partial charge in [-0.1, -0.05) is 30.3 Å². The van der Waals surface area contributed by atoms with Crippen molar-refractivity contribution in [2.75, 3.05) is 5.32 Å². The molecule has 5 nitrogen and oxygen atoms in total. The van der Waals surface area contributed by atoms with Crippen molar-refractivity contribution in [3.05, 3.63) is 82.3 Å². The molecule has 0 saturated heterocycles. The molecule has 0 aliphatic heterocycles. The molecule has 27 heavy (non-hydrogen) atoms. The van der Waals surface area contributed by atoms with Crippen LogP contribution >= 0.6 is 0 Å². The maximum atomic E-state index is 12.6. The van der Waals surface area contributed by atoms with Crippen LogP contribution in [0.25, 0.3) is 0 Å². The van der Waals surface area contributed by atoms with E-state index in [4.69, 9.17) is 0 Å². The highest BCUT2D eigenvalue weighted by Gasteiger charge is 2.11. The molecule has 0 radical (unpaired) electrons. The van der Waals surface area contributed by atoms with Gasteiger partial charge in [0.1, 0.15) is 17.3 Å². The molecule has 2 N–H and O–H groups in total. The maximum Gasteiger partial charge on any atom is 0.270 e. The average molecular weight is 360 g/mol. The molecule has 0 aliphatic carbocycles. The molecule has 3 rings (SSSR count). The Bertz CT molecular complexity index is 962. The zero-order valence-electron chi connectivity index (χ0n) is 16.1. The van der Waals surface area contributed by atoms with Crippen LogP contribution in [0, 0.1) is 27.7 Å². The second kappa shape index (κ2) is 7.99. The maximum absolute atomic E-state index is 12.6. The molecular formula is C22H24N4O. The van der Waals surface area contributed by atoms with Crippen molar-refractivity contribution in [3.8, 4) is 0 Å². The summed E-state index contributed by atoms with van der Waals surface area (Å²) in [6, 6.07) is 15.9. The standard InChI is InChI=1S/C22H24N4O/c1-14-9-15(2)11-19(10-14)26-21-12-20(24-17(4)25-21)22(27)23-13-18-8-6-5-7-16(18)3/h5-12H,13H2,1-4H3,(H,23,27)(H,24,25,26). The first kappa shape index (κ1) is 18.6. The lowest BCUT2D eigenvalue weighted by molar-refractivity contribution is 0.0945. The molecule has 0 unspecified atom stereocenters. The van der Waals surface area contributed by atoms with E-state index in [2.05, 4.69) is 26.7 Å². The number of anilines is 2. The number of nitrogens with one attached hydrogen (secondary N) is 2. The van der Waals surface area contributed by atoms with Crippen LogP contribution in [0.3, 0.4) is 0 Å². The lowest BCUT2D eigenvalue weighted by atomic mass is 10.1. The minimum atomic E-state index is -0.216. The summed E-state index contributed by atoms with van der Waals surface area (Å²) in [6.45, 7) is 8.38. The Labute approximate surface area is 159 Å². The first-order valence-corrected chi connectivity index (χ1v) is 8.94. The topological polar surface area (TPSA) is 66.9 Å². The van der Waals surface area contributed by atoms with E-state index in [1.165, 1.54) is 11.1 Å². The van der Waals surface area contributed by atoms with Crippen molar-refractivity contribution < 1.29 is 4.79 Å². The quantitative estimate of drug-likeness (QED) is 0.708. The smallest absolute Gasteiger partial charge is 0.270 e. The third-order valence-corrected chi connectivity index (χ3v) is 4.27. The number of benzene rings is 2. The fraction of sp³-hybridized carbons (Fsp3) is 0.227. The molecule has 0 spiro atoms. The molecule has 3 aromatic rings. The first-order chi connectivity index (χ1) is 12.9. The molecule has 1 amide bonds. The molecule has 1 heterocycles. The SMILES string of the molecule is Cc1cc(C)cc(Nc2cc(C(=O)NCc3ccccc3C)nc(C)n2)c1. The number of carbonyl (C=O) groups excluding carboxylic acids is 1. The van der Waals surface area contributed by atoms with E-state index in [9.17, 15) is 4.79 Å². The highest BCUT2D eigenvalue weighted by molar-refractivity contribution is 5.93. The van der Waals surface area contributed by atoms with Gasteiger partial charge >= 0.3 is 0 Å². The van der Waals surface area contributed by atoms with Gasteiger partial charge in [-0.05, 0) is 62.1 Å². The van der Waals surface area contributed by atoms with Crippen molar-refractivity contribution >= 4 is 17.4 Å². The Kier molecular flexibility index (Phi) is 5.50. The van der Waals surface area contributed by atoms with Gasteiger partial charge < -0.3 is 10.6 Å². The predicted molar refractivity (Wildman–Crippen MR) is 108 cm³/mol. The zero-order valence-corrected chi connectivity index (χ0v) is 16.1. The molecule has 138 valence electrons. The van der Waals surface area contributed by atoms with Gasteiger partial charge in [-0.15, -0.1) is 0 Å². The van der Waals surface area contributed by atoms with Gasteiger partial charge in [0.15, 0.2) is 0 Å². The van der Waals surface area contributed by atoms with Crippen LogP contribution in [0.5, 0.6) is 0 Å². The summed E-state index contributed by atoms with van der Waals surface area (Å²) in [5.74, 6) is 0.936. The normalized spacial score (nSPS) is 10.5. The summed E-state index contributed by atoms with van der Waals surface area (Å²) in [7, 11) is 0. The van der Waals surface area contributed by atoms with Crippen LogP contribution in [-0.4, -0.2) is 15.9 Å². The summed E-state index contributed by atoms with van der Waals surface area (Å²) in [6.07, 6.45) is 0. The predicted octanol–water partition coefficient (Wildman–Crippen LogP) is 4.38. The molecule has 5 heteroatoms. The lowest BCUT2D eigenvalue weighted by Crippen LogP contribution is -2.24. The van der Waals surface area contributed by atoms with Crippen LogP contribution in [0.4, 0.5) is 11.5 Å². The monoisotopic (exact) mass is 360 g/mol. The Morgan fingerprint density at radius 1 is 0.926 bits per heavy atom. The number of carbonyl (C=O) groups is 1. The molecule has 0 fully saturated rings. The number of aryl methyl sites for hydroxylation is 4. The fourth-order valence-electron chi connectivity index (χ4n) is 3.02. The van der Waals surface area contributed by atoms with E-state index < -0.39 is 0 Å². The Balaban J connectivity index is 1.76. The molecule has 0 bridgehead atoms. The van der Waals surface area contributed by atoms with Crippen LogP contribution < -0.4 is 10.6 Å². The van der Waals surface area contributed by atoms with Gasteiger partial charge in [0, 0.05) is 18.3 Å². The van der Waals surface area contributed by atoms with Crippen LogP contribution in [0.2, 0.25) is 0 Å². The molecular weight excluding hydrogens is 336 g/mol. The lowest BCUT2D eigenvalue weighted by Gasteiger charge is -2.11. The van der Waals surface area contributed by atoms with Crippen molar-refractivity contribution in [2.45, 2.75) is 34.2 Å². The largest absolute Gasteiger partial charge is 0.347 e. The van der Waals surface area contributed by atoms with Crippen molar-refractivity contribution in [1.29, 1.82) is 0 Å². The van der Waals surface area contributed by atoms with Crippen molar-refractivity contribution in [3.63, 3.8) is 0 Å². The van der Waals surface area contributed by atoms with Gasteiger partial charge in [0.25, 0.3) is 5.91 Å². The molecule has 0 aliphatic rings. The molecule has 0 atom stereocenters. The number of hydrogen-bond donors (Lipinski definition) is 2. The number of rotatable bonds is 5. The third kappa shape index (κ3) is 4.91. The summed E-state index contributed by atoms with van der Waals surface area (Å²) < 4.78 is 0. The highest BCUT2D eigenvalue weighted by atomic mass is 16.1. The second-order valence-electron chi connectivity index (χ2n) is 6.80. The molecule has 2 aromatic carbocycles. The third-order valence-electron chi connectivity index (χ3n) is 4.27. The summed E-state index contributed by atoms with van der Waals surface area (Å²) >= 11 is 0. The summed E-state index contributed by atoms with van der Waals surface area (Å²) in [5, 5.41) is 6.21. The summed E-state index contributed by atoms with van der Waals surface area (Å²) in [5.41, 5.74) is 5.86. The van der Waals surface area contributed by atoms with Crippen LogP contribution in [0.15, 0.2) is 48.5 Å². The van der Waals surface area contributed by atoms with Gasteiger partial charge in [-0.3, -0.25) is 4.79 Å². The molecule has 0 saturated carbocycles. The van der Waals surface area contributed by atoms with E-state index in [1.807, 2.05) is 57.2 Å². The highest BCUT2D eigenvalue weighted by Crippen LogP contribution is 2.19. The van der Waals surface area contributed by atoms with Gasteiger partial charge in [-0.2, -0.15) is 0 Å². The number of amides is 1. The number of hydrogen-bond acceptors (Lipinski definition) is 4. The summed E-state index contributed by atoms with van der Waals surface area (Å²) in [4.78, 5) is 21.2. The van der Waals surface area contributed by atoms with E-state index >= 15 is 0 Å². The van der Waals surface area contributed by atoms with Gasteiger partial charge in [-0.25, -0.2) is 9.97 Å². The first-order valence-electron chi connectivity index (χ1n) is 8.94. The number of aromatic nitrogens is 2. The Morgan fingerprint density at radius 2 is 1.63 bits per heavy atom. The number of nitrogens with zero attached hydrogens (tertiary/aromatic N) is 2. The van der Waals surface area contributed by atoms with Crippen LogP contribution in [0.1, 0.15) is 38.6 Å². The Hall–Kier alpha value is -3.21. The van der Waals surface area contributed by atoms with Crippen molar-refractivity contribution in [2.24, 2.45) is 0 Å². The van der Waals surface area contributed by atoms with E-state index in [-0.39, 0.29) is 5.91 Å². The van der Waals surface area contributed by atoms with E-state index in [0.717, 1.165) is 16.8 Å². The van der Waals surface area contributed by atoms with Crippen LogP contribution in [-0.2, 0) is 6.54 Å². The van der Waals surface area contributed by atoms with E-state index in [0.29, 0.717) is 23.9 Å². The zero-order chi connectivity index (χ0) is 19.4. The average Bonchev–Trinajstić information content (AvgIpc) is 2.59. The van der Waals surface area contributed by atoms with Gasteiger partial charge in [0.05, 0.1) is 0 Å². The van der Waals surface area contributed by atoms with Gasteiger partial charge in [0.2, 0.25) is 0 Å². The van der Waals surface area contributed by atoms with E-state index in [1.54, 1.807) is 13.0 Å². The van der Waals surface area contributed by atoms with Crippen molar-refractivity contribution in [1.82, 2.24) is 15.3 Å². The second-order valence-corrected chi connectivity index (χ2v) is 6.80. The fourth-order valence-corrected chi connectivity index (χ4v) is 3.02.